The standard InChI is InChI=1S/C16H16ClFN2O/c1-19-16(21)8-11-2-4-15(5-3-11)20-10-12-6-13(17)9-14(18)7-12/h2-7,9,20H,8,10H2,1H3,(H,19,21). The molecule has 0 heterocycles. The quantitative estimate of drug-likeness (QED) is 0.889. The van der Waals surface area contributed by atoms with Crippen LogP contribution < -0.4 is 10.6 Å². The molecule has 2 N–H and O–H groups in total. The molecule has 0 aliphatic rings. The van der Waals surface area contributed by atoms with Crippen molar-refractivity contribution in [2.24, 2.45) is 0 Å². The number of amides is 1. The summed E-state index contributed by atoms with van der Waals surface area (Å²) in [6, 6.07) is 12.0. The van der Waals surface area contributed by atoms with Crippen molar-refractivity contribution in [2.45, 2.75) is 13.0 Å². The Labute approximate surface area is 128 Å². The number of carbonyl (C=O) groups excluding carboxylic acids is 1. The van der Waals surface area contributed by atoms with Crippen molar-refractivity contribution >= 4 is 23.2 Å². The number of likely N-dealkylation sites (N-methyl/N-ethyl adjacent to an activating group) is 1. The molecule has 2 aromatic rings. The van der Waals surface area contributed by atoms with Gasteiger partial charge in [0.15, 0.2) is 0 Å². The van der Waals surface area contributed by atoms with E-state index in [2.05, 4.69) is 10.6 Å². The molecule has 0 aliphatic heterocycles. The molecule has 3 nitrogen and oxygen atoms in total. The van der Waals surface area contributed by atoms with Crippen LogP contribution in [0.1, 0.15) is 11.1 Å². The smallest absolute Gasteiger partial charge is 0.224 e. The van der Waals surface area contributed by atoms with Gasteiger partial charge < -0.3 is 10.6 Å². The minimum atomic E-state index is -0.347. The molecule has 0 bridgehead atoms. The molecular formula is C16H16ClFN2O. The molecule has 110 valence electrons. The van der Waals surface area contributed by atoms with Crippen LogP contribution in [0.3, 0.4) is 0 Å². The summed E-state index contributed by atoms with van der Waals surface area (Å²) in [6.45, 7) is 0.478. The first-order valence-corrected chi connectivity index (χ1v) is 6.93. The predicted octanol–water partition coefficient (Wildman–Crippen LogP) is 3.38. The van der Waals surface area contributed by atoms with Gasteiger partial charge in [0.25, 0.3) is 0 Å². The highest BCUT2D eigenvalue weighted by Gasteiger charge is 2.02. The van der Waals surface area contributed by atoms with E-state index >= 15 is 0 Å². The van der Waals surface area contributed by atoms with E-state index in [1.165, 1.54) is 12.1 Å². The first kappa shape index (κ1) is 15.3. The first-order chi connectivity index (χ1) is 10.1. The SMILES string of the molecule is CNC(=O)Cc1ccc(NCc2cc(F)cc(Cl)c2)cc1. The summed E-state index contributed by atoms with van der Waals surface area (Å²) in [5, 5.41) is 6.15. The minimum absolute atomic E-state index is 0.0230. The number of nitrogens with one attached hydrogen (secondary N) is 2. The van der Waals surface area contributed by atoms with Gasteiger partial charge in [-0.2, -0.15) is 0 Å². The second-order valence-corrected chi connectivity index (χ2v) is 5.11. The van der Waals surface area contributed by atoms with E-state index in [4.69, 9.17) is 11.6 Å². The molecular weight excluding hydrogens is 291 g/mol. The van der Waals surface area contributed by atoms with Gasteiger partial charge in [0.2, 0.25) is 5.91 Å². The van der Waals surface area contributed by atoms with Crippen LogP contribution in [0, 0.1) is 5.82 Å². The lowest BCUT2D eigenvalue weighted by Gasteiger charge is -2.08. The molecule has 0 fully saturated rings. The molecule has 0 unspecified atom stereocenters. The third-order valence-electron chi connectivity index (χ3n) is 3.02. The predicted molar refractivity (Wildman–Crippen MR) is 82.9 cm³/mol. The average Bonchev–Trinajstić information content (AvgIpc) is 2.45. The second kappa shape index (κ2) is 7.09. The maximum absolute atomic E-state index is 13.2. The van der Waals surface area contributed by atoms with Crippen molar-refractivity contribution in [3.8, 4) is 0 Å². The fourth-order valence-electron chi connectivity index (χ4n) is 1.93. The maximum Gasteiger partial charge on any atom is 0.224 e. The monoisotopic (exact) mass is 306 g/mol. The summed E-state index contributed by atoms with van der Waals surface area (Å²) < 4.78 is 13.2. The van der Waals surface area contributed by atoms with Crippen LogP contribution in [0.15, 0.2) is 42.5 Å². The minimum Gasteiger partial charge on any atom is -0.381 e. The molecule has 0 atom stereocenters. The maximum atomic E-state index is 13.2. The highest BCUT2D eigenvalue weighted by atomic mass is 35.5. The normalized spacial score (nSPS) is 10.2. The zero-order chi connectivity index (χ0) is 15.2. The number of rotatable bonds is 5. The topological polar surface area (TPSA) is 41.1 Å². The van der Waals surface area contributed by atoms with Crippen LogP contribution in [0.5, 0.6) is 0 Å². The molecule has 5 heteroatoms. The Bertz CT molecular complexity index is 608. The Morgan fingerprint density at radius 3 is 2.48 bits per heavy atom. The fourth-order valence-corrected chi connectivity index (χ4v) is 2.18. The number of hydrogen-bond donors (Lipinski definition) is 2. The summed E-state index contributed by atoms with van der Waals surface area (Å²) in [7, 11) is 1.61. The van der Waals surface area contributed by atoms with Crippen LogP contribution in [0.2, 0.25) is 5.02 Å². The summed E-state index contributed by atoms with van der Waals surface area (Å²) in [6.07, 6.45) is 0.357. The van der Waals surface area contributed by atoms with Crippen molar-refractivity contribution in [1.82, 2.24) is 5.32 Å². The van der Waals surface area contributed by atoms with Gasteiger partial charge in [-0.1, -0.05) is 23.7 Å². The molecule has 0 saturated carbocycles. The van der Waals surface area contributed by atoms with Gasteiger partial charge in [0, 0.05) is 24.3 Å². The zero-order valence-corrected chi connectivity index (χ0v) is 12.4. The summed E-state index contributed by atoms with van der Waals surface area (Å²) >= 11 is 5.81. The average molecular weight is 307 g/mol. The van der Waals surface area contributed by atoms with Crippen molar-refractivity contribution in [2.75, 3.05) is 12.4 Å². The highest BCUT2D eigenvalue weighted by molar-refractivity contribution is 6.30. The molecule has 1 amide bonds. The summed E-state index contributed by atoms with van der Waals surface area (Å²) in [4.78, 5) is 11.3. The van der Waals surface area contributed by atoms with E-state index < -0.39 is 0 Å². The Morgan fingerprint density at radius 1 is 1.14 bits per heavy atom. The summed E-state index contributed by atoms with van der Waals surface area (Å²) in [5.41, 5.74) is 2.61. The van der Waals surface area contributed by atoms with E-state index in [1.54, 1.807) is 13.1 Å². The van der Waals surface area contributed by atoms with Crippen LogP contribution in [-0.2, 0) is 17.8 Å². The number of hydrogen-bond acceptors (Lipinski definition) is 2. The number of halogens is 2. The van der Waals surface area contributed by atoms with Crippen LogP contribution in [0.25, 0.3) is 0 Å². The van der Waals surface area contributed by atoms with Gasteiger partial charge >= 0.3 is 0 Å². The van der Waals surface area contributed by atoms with Gasteiger partial charge in [-0.3, -0.25) is 4.79 Å². The fraction of sp³-hybridized carbons (Fsp3) is 0.188. The molecule has 21 heavy (non-hydrogen) atoms. The third kappa shape index (κ3) is 4.76. The van der Waals surface area contributed by atoms with E-state index in [9.17, 15) is 9.18 Å². The molecule has 0 aromatic heterocycles. The Balaban J connectivity index is 1.95. The lowest BCUT2D eigenvalue weighted by Crippen LogP contribution is -2.19. The number of anilines is 1. The van der Waals surface area contributed by atoms with Crippen molar-refractivity contribution < 1.29 is 9.18 Å². The Morgan fingerprint density at radius 2 is 1.86 bits per heavy atom. The van der Waals surface area contributed by atoms with Crippen molar-refractivity contribution in [3.05, 3.63) is 64.4 Å². The zero-order valence-electron chi connectivity index (χ0n) is 11.6. The largest absolute Gasteiger partial charge is 0.381 e. The first-order valence-electron chi connectivity index (χ1n) is 6.55. The molecule has 0 aliphatic carbocycles. The second-order valence-electron chi connectivity index (χ2n) is 4.68. The van der Waals surface area contributed by atoms with E-state index in [-0.39, 0.29) is 11.7 Å². The number of benzene rings is 2. The van der Waals surface area contributed by atoms with Gasteiger partial charge in [0.05, 0.1) is 6.42 Å². The van der Waals surface area contributed by atoms with Gasteiger partial charge in [-0.05, 0) is 41.5 Å². The van der Waals surface area contributed by atoms with Crippen molar-refractivity contribution in [3.63, 3.8) is 0 Å². The lowest BCUT2D eigenvalue weighted by molar-refractivity contribution is -0.119. The van der Waals surface area contributed by atoms with Crippen LogP contribution in [0.4, 0.5) is 10.1 Å². The van der Waals surface area contributed by atoms with Crippen LogP contribution in [-0.4, -0.2) is 13.0 Å². The Kier molecular flexibility index (Phi) is 5.17. The third-order valence-corrected chi connectivity index (χ3v) is 3.23. The lowest BCUT2D eigenvalue weighted by atomic mass is 10.1. The molecule has 2 rings (SSSR count). The molecule has 0 radical (unpaired) electrons. The molecule has 0 saturated heterocycles. The van der Waals surface area contributed by atoms with Gasteiger partial charge in [-0.25, -0.2) is 4.39 Å². The summed E-state index contributed by atoms with van der Waals surface area (Å²) in [5.74, 6) is -0.370. The molecule has 2 aromatic carbocycles. The van der Waals surface area contributed by atoms with Gasteiger partial charge in [-0.15, -0.1) is 0 Å². The van der Waals surface area contributed by atoms with Gasteiger partial charge in [0.1, 0.15) is 5.82 Å². The van der Waals surface area contributed by atoms with E-state index in [1.807, 2.05) is 24.3 Å². The van der Waals surface area contributed by atoms with Crippen molar-refractivity contribution in [1.29, 1.82) is 0 Å². The Hall–Kier alpha value is -2.07. The number of carbonyl (C=O) groups is 1. The van der Waals surface area contributed by atoms with Crippen LogP contribution >= 0.6 is 11.6 Å². The highest BCUT2D eigenvalue weighted by Crippen LogP contribution is 2.16. The molecule has 0 spiro atoms. The van der Waals surface area contributed by atoms with E-state index in [0.717, 1.165) is 16.8 Å². The van der Waals surface area contributed by atoms with E-state index in [0.29, 0.717) is 18.0 Å².